The number of rotatable bonds is 1. The van der Waals surface area contributed by atoms with Crippen molar-refractivity contribution in [2.24, 2.45) is 4.99 Å². The van der Waals surface area contributed by atoms with Gasteiger partial charge < -0.3 is 16.4 Å². The van der Waals surface area contributed by atoms with Gasteiger partial charge in [-0.05, 0) is 24.3 Å². The Labute approximate surface area is 193 Å². The SMILES string of the molecule is Br.N#CBr.N=c1nc2ccccc2c2n1CCN2.Nc1ccccc1C1=NCCN1. The van der Waals surface area contributed by atoms with E-state index in [9.17, 15) is 0 Å². The largest absolute Gasteiger partial charge is 0.398 e. The second-order valence-corrected chi connectivity index (χ2v) is 6.56. The van der Waals surface area contributed by atoms with Crippen LogP contribution in [0.4, 0.5) is 11.5 Å². The summed E-state index contributed by atoms with van der Waals surface area (Å²) in [5.74, 6) is 1.95. The molecule has 0 bridgehead atoms. The third kappa shape index (κ3) is 5.37. The number of benzene rings is 2. The standard InChI is InChI=1S/C10H10N4.C9H11N3.CBrN.BrH/c11-10-13-8-4-2-1-3-7(8)9-12-5-6-14(9)10;10-8-4-2-1-3-7(8)9-11-5-6-12-9;2-1-3;/h1-4,11-12H,5-6H2;1-4H,5-6,10H2,(H,11,12);;1H. The van der Waals surface area contributed by atoms with Crippen molar-refractivity contribution in [2.45, 2.75) is 6.54 Å². The van der Waals surface area contributed by atoms with Crippen molar-refractivity contribution in [1.82, 2.24) is 14.9 Å². The molecule has 0 atom stereocenters. The molecule has 2 aromatic carbocycles. The van der Waals surface area contributed by atoms with Gasteiger partial charge in [0.2, 0.25) is 5.62 Å². The van der Waals surface area contributed by atoms with Crippen LogP contribution in [-0.4, -0.2) is 35.0 Å². The van der Waals surface area contributed by atoms with E-state index in [1.165, 1.54) is 0 Å². The highest BCUT2D eigenvalue weighted by atomic mass is 79.9. The van der Waals surface area contributed by atoms with Crippen LogP contribution in [0.15, 0.2) is 53.5 Å². The molecule has 5 N–H and O–H groups in total. The van der Waals surface area contributed by atoms with Crippen LogP contribution in [0, 0.1) is 15.6 Å². The molecule has 10 heteroatoms. The van der Waals surface area contributed by atoms with Crippen LogP contribution in [0.2, 0.25) is 0 Å². The van der Waals surface area contributed by atoms with Gasteiger partial charge in [-0.15, -0.1) is 17.0 Å². The number of anilines is 2. The van der Waals surface area contributed by atoms with Gasteiger partial charge in [-0.25, -0.2) is 4.98 Å². The maximum Gasteiger partial charge on any atom is 0.224 e. The molecule has 0 saturated heterocycles. The third-order valence-electron chi connectivity index (χ3n) is 4.43. The summed E-state index contributed by atoms with van der Waals surface area (Å²) in [6.07, 6.45) is 0. The molecule has 0 fully saturated rings. The number of nitrogen functional groups attached to an aromatic ring is 1. The van der Waals surface area contributed by atoms with Crippen LogP contribution in [-0.2, 0) is 6.54 Å². The van der Waals surface area contributed by atoms with Crippen molar-refractivity contribution in [3.8, 4) is 4.98 Å². The molecule has 3 heterocycles. The van der Waals surface area contributed by atoms with E-state index in [2.05, 4.69) is 36.5 Å². The number of nitrogens with one attached hydrogen (secondary N) is 3. The van der Waals surface area contributed by atoms with Gasteiger partial charge in [0, 0.05) is 52.2 Å². The number of halogens is 2. The predicted octanol–water partition coefficient (Wildman–Crippen LogP) is 3.00. The molecule has 2 aliphatic heterocycles. The normalized spacial score (nSPS) is 13.0. The van der Waals surface area contributed by atoms with Crippen LogP contribution >= 0.6 is 32.9 Å². The molecule has 0 saturated carbocycles. The number of nitrogens with zero attached hydrogens (tertiary/aromatic N) is 4. The smallest absolute Gasteiger partial charge is 0.224 e. The Morgan fingerprint density at radius 1 is 1.10 bits per heavy atom. The lowest BCUT2D eigenvalue weighted by Gasteiger charge is -2.06. The Bertz CT molecular complexity index is 1130. The van der Waals surface area contributed by atoms with E-state index in [-0.39, 0.29) is 17.0 Å². The second-order valence-electron chi connectivity index (χ2n) is 6.21. The lowest BCUT2D eigenvalue weighted by Crippen LogP contribution is -2.21. The number of hydrogen-bond donors (Lipinski definition) is 4. The molecule has 3 aromatic rings. The molecule has 30 heavy (non-hydrogen) atoms. The maximum atomic E-state index is 7.75. The zero-order chi connectivity index (χ0) is 20.6. The van der Waals surface area contributed by atoms with Gasteiger partial charge in [0.25, 0.3) is 0 Å². The topological polar surface area (TPSA) is 128 Å². The van der Waals surface area contributed by atoms with Gasteiger partial charge in [0.05, 0.1) is 12.1 Å². The fraction of sp³-hybridized carbons (Fsp3) is 0.200. The van der Waals surface area contributed by atoms with Gasteiger partial charge in [-0.2, -0.15) is 5.26 Å². The van der Waals surface area contributed by atoms with Crippen molar-refractivity contribution in [3.63, 3.8) is 0 Å². The van der Waals surface area contributed by atoms with E-state index >= 15 is 0 Å². The van der Waals surface area contributed by atoms with Crippen LogP contribution < -0.4 is 22.0 Å². The molecule has 0 aliphatic carbocycles. The molecule has 0 spiro atoms. The van der Waals surface area contributed by atoms with Gasteiger partial charge in [0.15, 0.2) is 0 Å². The van der Waals surface area contributed by atoms with Gasteiger partial charge in [-0.3, -0.25) is 15.0 Å². The number of nitriles is 1. The molecule has 5 rings (SSSR count). The number of nitrogens with two attached hydrogens (primary N) is 1. The zero-order valence-electron chi connectivity index (χ0n) is 16.1. The monoisotopic (exact) mass is 532 g/mol. The van der Waals surface area contributed by atoms with Crippen molar-refractivity contribution in [3.05, 3.63) is 59.7 Å². The summed E-state index contributed by atoms with van der Waals surface area (Å²) in [6.45, 7) is 3.50. The third-order valence-corrected chi connectivity index (χ3v) is 4.43. The van der Waals surface area contributed by atoms with Gasteiger partial charge >= 0.3 is 0 Å². The number of fused-ring (bicyclic) bond motifs is 3. The van der Waals surface area contributed by atoms with E-state index in [0.717, 1.165) is 60.0 Å². The summed E-state index contributed by atoms with van der Waals surface area (Å²) >= 11 is 2.45. The van der Waals surface area contributed by atoms with E-state index in [0.29, 0.717) is 5.62 Å². The molecular weight excluding hydrogens is 512 g/mol. The molecule has 8 nitrogen and oxygen atoms in total. The quantitative estimate of drug-likeness (QED) is 0.357. The number of aromatic nitrogens is 2. The Balaban J connectivity index is 0.000000186. The van der Waals surface area contributed by atoms with E-state index in [1.807, 2.05) is 53.1 Å². The summed E-state index contributed by atoms with van der Waals surface area (Å²) in [6, 6.07) is 15.7. The van der Waals surface area contributed by atoms with Crippen molar-refractivity contribution in [1.29, 1.82) is 10.7 Å². The Kier molecular flexibility index (Phi) is 8.83. The predicted molar refractivity (Wildman–Crippen MR) is 129 cm³/mol. The Morgan fingerprint density at radius 2 is 1.80 bits per heavy atom. The van der Waals surface area contributed by atoms with Crippen molar-refractivity contribution < 1.29 is 0 Å². The minimum Gasteiger partial charge on any atom is -0.398 e. The van der Waals surface area contributed by atoms with Gasteiger partial charge in [-0.1, -0.05) is 24.3 Å². The fourth-order valence-corrected chi connectivity index (χ4v) is 3.18. The molecule has 2 aliphatic rings. The van der Waals surface area contributed by atoms with E-state index in [1.54, 1.807) is 4.98 Å². The summed E-state index contributed by atoms with van der Waals surface area (Å²) in [7, 11) is 0. The van der Waals surface area contributed by atoms with E-state index < -0.39 is 0 Å². The number of hydrogen-bond acceptors (Lipinski definition) is 7. The summed E-state index contributed by atoms with van der Waals surface area (Å²) < 4.78 is 1.91. The Hall–Kier alpha value is -2.90. The minimum absolute atomic E-state index is 0. The van der Waals surface area contributed by atoms with Gasteiger partial charge in [0.1, 0.15) is 16.6 Å². The first-order valence-electron chi connectivity index (χ1n) is 9.06. The van der Waals surface area contributed by atoms with Crippen LogP contribution in [0.25, 0.3) is 10.9 Å². The first kappa shape index (κ1) is 23.4. The van der Waals surface area contributed by atoms with Crippen molar-refractivity contribution >= 4 is 61.2 Å². The molecule has 0 amide bonds. The lowest BCUT2D eigenvalue weighted by molar-refractivity contribution is 0.717. The highest BCUT2D eigenvalue weighted by Crippen LogP contribution is 2.22. The molecule has 0 radical (unpaired) electrons. The lowest BCUT2D eigenvalue weighted by atomic mass is 10.1. The highest BCUT2D eigenvalue weighted by Gasteiger charge is 2.13. The first-order chi connectivity index (χ1) is 14.2. The van der Waals surface area contributed by atoms with Crippen LogP contribution in [0.3, 0.4) is 0 Å². The number of amidine groups is 1. The van der Waals surface area contributed by atoms with Crippen molar-refractivity contribution in [2.75, 3.05) is 30.7 Å². The van der Waals surface area contributed by atoms with Crippen LogP contribution in [0.5, 0.6) is 0 Å². The number of para-hydroxylation sites is 2. The molecule has 0 unspecified atom stereocenters. The minimum atomic E-state index is 0. The average molecular weight is 534 g/mol. The number of aliphatic imine (C=N–C) groups is 1. The van der Waals surface area contributed by atoms with E-state index in [4.69, 9.17) is 16.4 Å². The molecule has 1 aromatic heterocycles. The Morgan fingerprint density at radius 3 is 2.50 bits per heavy atom. The highest BCUT2D eigenvalue weighted by molar-refractivity contribution is 9.12. The molecule has 156 valence electrons. The zero-order valence-corrected chi connectivity index (χ0v) is 19.4. The van der Waals surface area contributed by atoms with Crippen LogP contribution in [0.1, 0.15) is 5.56 Å². The maximum absolute atomic E-state index is 7.75. The first-order valence-corrected chi connectivity index (χ1v) is 9.86. The summed E-state index contributed by atoms with van der Waals surface area (Å²) in [4.78, 5) is 10.1. The summed E-state index contributed by atoms with van der Waals surface area (Å²) in [5.41, 5.74) is 8.80. The fourth-order valence-electron chi connectivity index (χ4n) is 3.18. The second kappa shape index (κ2) is 11.3. The summed E-state index contributed by atoms with van der Waals surface area (Å²) in [5, 5.41) is 22.6. The average Bonchev–Trinajstić information content (AvgIpc) is 3.42. The molecular formula is C20H22Br2N8.